The van der Waals surface area contributed by atoms with Crippen LogP contribution >= 0.6 is 0 Å². The number of rotatable bonds is 8. The second kappa shape index (κ2) is 9.56. The predicted octanol–water partition coefficient (Wildman–Crippen LogP) is 5.62. The predicted molar refractivity (Wildman–Crippen MR) is 111 cm³/mol. The average molecular weight is 377 g/mol. The monoisotopic (exact) mass is 377 g/mol. The molecule has 1 fully saturated rings. The molecule has 0 radical (unpaired) electrons. The Balaban J connectivity index is 1.69. The molecule has 0 aliphatic carbocycles. The van der Waals surface area contributed by atoms with E-state index in [2.05, 4.69) is 40.4 Å². The number of nitrogens with zero attached hydrogens (tertiary/aromatic N) is 3. The van der Waals surface area contributed by atoms with Crippen LogP contribution in [-0.2, 0) is 22.3 Å². The average Bonchev–Trinajstić information content (AvgIpc) is 3.01. The summed E-state index contributed by atoms with van der Waals surface area (Å²) >= 11 is 0. The van der Waals surface area contributed by atoms with Crippen molar-refractivity contribution in [1.82, 2.24) is 0 Å². The molecule has 146 valence electrons. The fourth-order valence-corrected chi connectivity index (χ4v) is 3.53. The highest BCUT2D eigenvalue weighted by Gasteiger charge is 2.43. The molecule has 0 N–H and O–H groups in total. The molecule has 5 nitrogen and oxygen atoms in total. The molecule has 1 aliphatic rings. The zero-order valence-electron chi connectivity index (χ0n) is 16.4. The van der Waals surface area contributed by atoms with Gasteiger partial charge in [-0.2, -0.15) is 0 Å². The first-order valence-electron chi connectivity index (χ1n) is 9.72. The fraction of sp³-hybridized carbons (Fsp3) is 0.391. The highest BCUT2D eigenvalue weighted by atomic mass is 16.8. The van der Waals surface area contributed by atoms with Crippen LogP contribution in [-0.4, -0.2) is 24.0 Å². The molecule has 28 heavy (non-hydrogen) atoms. The van der Waals surface area contributed by atoms with Gasteiger partial charge >= 0.3 is 0 Å². The minimum absolute atomic E-state index is 0.245. The van der Waals surface area contributed by atoms with Gasteiger partial charge in [0, 0.05) is 4.91 Å². The van der Waals surface area contributed by atoms with Crippen molar-refractivity contribution in [3.05, 3.63) is 94.4 Å². The molecule has 0 aromatic heterocycles. The summed E-state index contributed by atoms with van der Waals surface area (Å²) in [4.78, 5) is 3.07. The number of hydrogen-bond acceptors (Lipinski definition) is 3. The van der Waals surface area contributed by atoms with E-state index in [-0.39, 0.29) is 18.2 Å². The van der Waals surface area contributed by atoms with Gasteiger partial charge in [0.15, 0.2) is 5.79 Å². The Morgan fingerprint density at radius 3 is 2.32 bits per heavy atom. The summed E-state index contributed by atoms with van der Waals surface area (Å²) in [5.74, 6) is -0.706. The Morgan fingerprint density at radius 2 is 1.68 bits per heavy atom. The van der Waals surface area contributed by atoms with Gasteiger partial charge < -0.3 is 9.47 Å². The van der Waals surface area contributed by atoms with Crippen molar-refractivity contribution in [3.8, 4) is 0 Å². The molecular formula is C23H27N3O2. The van der Waals surface area contributed by atoms with Gasteiger partial charge in [0.25, 0.3) is 0 Å². The second-order valence-electron chi connectivity index (χ2n) is 7.48. The van der Waals surface area contributed by atoms with Crippen molar-refractivity contribution in [2.75, 3.05) is 0 Å². The molecule has 3 atom stereocenters. The van der Waals surface area contributed by atoms with Gasteiger partial charge in [-0.1, -0.05) is 77.9 Å². The molecule has 3 rings (SSSR count). The Labute approximate surface area is 166 Å². The Bertz CT molecular complexity index is 814. The summed E-state index contributed by atoms with van der Waals surface area (Å²) in [5.41, 5.74) is 11.5. The lowest BCUT2D eigenvalue weighted by atomic mass is 9.98. The van der Waals surface area contributed by atoms with Crippen molar-refractivity contribution in [2.24, 2.45) is 5.11 Å². The van der Waals surface area contributed by atoms with Crippen LogP contribution in [0.3, 0.4) is 0 Å². The first kappa shape index (κ1) is 20.2. The van der Waals surface area contributed by atoms with Crippen LogP contribution in [0.1, 0.15) is 31.4 Å². The lowest BCUT2D eigenvalue weighted by Gasteiger charge is -2.22. The lowest BCUT2D eigenvalue weighted by molar-refractivity contribution is -0.144. The van der Waals surface area contributed by atoms with Crippen molar-refractivity contribution >= 4 is 0 Å². The molecular weight excluding hydrogens is 350 g/mol. The molecule has 0 saturated carbocycles. The molecule has 0 unspecified atom stereocenters. The van der Waals surface area contributed by atoms with E-state index < -0.39 is 5.79 Å². The Morgan fingerprint density at radius 1 is 1.04 bits per heavy atom. The van der Waals surface area contributed by atoms with E-state index in [1.807, 2.05) is 56.3 Å². The third-order valence-corrected chi connectivity index (χ3v) is 4.84. The smallest absolute Gasteiger partial charge is 0.164 e. The van der Waals surface area contributed by atoms with Crippen LogP contribution < -0.4 is 0 Å². The fourth-order valence-electron chi connectivity index (χ4n) is 3.53. The summed E-state index contributed by atoms with van der Waals surface area (Å²) in [7, 11) is 0. The first-order valence-corrected chi connectivity index (χ1v) is 9.72. The topological polar surface area (TPSA) is 67.2 Å². The third kappa shape index (κ3) is 5.70. The van der Waals surface area contributed by atoms with Gasteiger partial charge in [-0.05, 0) is 49.8 Å². The standard InChI is InChI=1S/C23H27N3O2/c1-23(2)27-21(15-9-14-18-10-5-3-6-11-18)22(28-23)20(25-26-24)17-16-19-12-7-4-8-13-19/h3-13,15,20-22H,14,16-17H2,1-2H3/b15-9+/t20-,21+,22+/m1/s1. The van der Waals surface area contributed by atoms with Crippen LogP contribution in [0, 0.1) is 0 Å². The lowest BCUT2D eigenvalue weighted by Crippen LogP contribution is -2.33. The molecule has 1 heterocycles. The zero-order chi connectivity index (χ0) is 19.8. The summed E-state index contributed by atoms with van der Waals surface area (Å²) in [6.07, 6.45) is 5.94. The van der Waals surface area contributed by atoms with E-state index in [1.54, 1.807) is 0 Å². The largest absolute Gasteiger partial charge is 0.344 e. The van der Waals surface area contributed by atoms with Crippen molar-refractivity contribution in [1.29, 1.82) is 0 Å². The highest BCUT2D eigenvalue weighted by Crippen LogP contribution is 2.33. The number of hydrogen-bond donors (Lipinski definition) is 0. The van der Waals surface area contributed by atoms with Gasteiger partial charge in [-0.25, -0.2) is 0 Å². The maximum Gasteiger partial charge on any atom is 0.164 e. The maximum absolute atomic E-state index is 9.08. The molecule has 2 aromatic carbocycles. The highest BCUT2D eigenvalue weighted by molar-refractivity contribution is 5.18. The van der Waals surface area contributed by atoms with Gasteiger partial charge in [0.2, 0.25) is 0 Å². The van der Waals surface area contributed by atoms with Gasteiger partial charge in [0.1, 0.15) is 6.10 Å². The van der Waals surface area contributed by atoms with Gasteiger partial charge in [0.05, 0.1) is 12.1 Å². The Hall–Kier alpha value is -2.59. The van der Waals surface area contributed by atoms with Crippen LogP contribution in [0.25, 0.3) is 10.4 Å². The maximum atomic E-state index is 9.08. The minimum atomic E-state index is -0.706. The van der Waals surface area contributed by atoms with Crippen molar-refractivity contribution in [3.63, 3.8) is 0 Å². The van der Waals surface area contributed by atoms with Crippen LogP contribution in [0.5, 0.6) is 0 Å². The number of aryl methyl sites for hydroxylation is 1. The molecule has 1 aliphatic heterocycles. The third-order valence-electron chi connectivity index (χ3n) is 4.84. The van der Waals surface area contributed by atoms with E-state index in [1.165, 1.54) is 11.1 Å². The van der Waals surface area contributed by atoms with Crippen LogP contribution in [0.15, 0.2) is 77.9 Å². The molecule has 0 amide bonds. The minimum Gasteiger partial charge on any atom is -0.344 e. The molecule has 2 aromatic rings. The number of benzene rings is 2. The number of ether oxygens (including phenoxy) is 2. The van der Waals surface area contributed by atoms with E-state index in [0.29, 0.717) is 6.42 Å². The zero-order valence-corrected chi connectivity index (χ0v) is 16.4. The summed E-state index contributed by atoms with van der Waals surface area (Å²) in [5, 5.41) is 4.04. The summed E-state index contributed by atoms with van der Waals surface area (Å²) < 4.78 is 12.2. The van der Waals surface area contributed by atoms with E-state index >= 15 is 0 Å². The second-order valence-corrected chi connectivity index (χ2v) is 7.48. The quantitative estimate of drug-likeness (QED) is 0.259. The summed E-state index contributed by atoms with van der Waals surface area (Å²) in [6, 6.07) is 20.2. The van der Waals surface area contributed by atoms with Gasteiger partial charge in [-0.3, -0.25) is 0 Å². The SMILES string of the molecule is CC1(C)O[C@@H]([C@@H](CCc2ccccc2)N=[N+]=[N-])[C@H](/C=C/Cc2ccccc2)O1. The molecule has 0 spiro atoms. The molecule has 0 bridgehead atoms. The van der Waals surface area contributed by atoms with Crippen LogP contribution in [0.4, 0.5) is 0 Å². The van der Waals surface area contributed by atoms with Crippen LogP contribution in [0.2, 0.25) is 0 Å². The van der Waals surface area contributed by atoms with Crippen molar-refractivity contribution in [2.45, 2.75) is 57.1 Å². The Kier molecular flexibility index (Phi) is 6.88. The van der Waals surface area contributed by atoms with Gasteiger partial charge in [-0.15, -0.1) is 0 Å². The van der Waals surface area contributed by atoms with Crippen molar-refractivity contribution < 1.29 is 9.47 Å². The van der Waals surface area contributed by atoms with E-state index in [9.17, 15) is 0 Å². The normalized spacial score (nSPS) is 22.1. The first-order chi connectivity index (χ1) is 13.6. The summed E-state index contributed by atoms with van der Waals surface area (Å²) in [6.45, 7) is 3.80. The van der Waals surface area contributed by atoms with E-state index in [0.717, 1.165) is 12.8 Å². The molecule has 5 heteroatoms. The molecule has 1 saturated heterocycles. The van der Waals surface area contributed by atoms with E-state index in [4.69, 9.17) is 15.0 Å². The number of allylic oxidation sites excluding steroid dienone is 1. The number of azide groups is 1.